The zero-order valence-electron chi connectivity index (χ0n) is 16.5. The maximum Gasteiger partial charge on any atom is 0.0235 e. The molecule has 0 atom stereocenters. The summed E-state index contributed by atoms with van der Waals surface area (Å²) in [6, 6.07) is 26.7. The zero-order valence-corrected chi connectivity index (χ0v) is 17.3. The lowest BCUT2D eigenvalue weighted by Crippen LogP contribution is -1.96. The Morgan fingerprint density at radius 3 is 1.33 bits per heavy atom. The van der Waals surface area contributed by atoms with E-state index in [1.54, 1.807) is 0 Å². The summed E-state index contributed by atoms with van der Waals surface area (Å²) in [4.78, 5) is 2.81. The lowest BCUT2D eigenvalue weighted by molar-refractivity contribution is 0.841. The van der Waals surface area contributed by atoms with Gasteiger partial charge in [-0.2, -0.15) is 0 Å². The molecule has 0 N–H and O–H groups in total. The first-order valence-corrected chi connectivity index (χ1v) is 10.6. The molecule has 0 aliphatic rings. The molecule has 0 amide bonds. The van der Waals surface area contributed by atoms with Gasteiger partial charge in [-0.15, -0.1) is 0 Å². The molecule has 0 aromatic heterocycles. The highest BCUT2D eigenvalue weighted by atomic mass is 32.2. The van der Waals surface area contributed by atoms with E-state index >= 15 is 0 Å². The molecule has 0 nitrogen and oxygen atoms in total. The van der Waals surface area contributed by atoms with Gasteiger partial charge >= 0.3 is 0 Å². The van der Waals surface area contributed by atoms with Crippen LogP contribution >= 0.6 is 11.8 Å². The molecule has 0 unspecified atom stereocenters. The van der Waals surface area contributed by atoms with Gasteiger partial charge in [0.25, 0.3) is 0 Å². The van der Waals surface area contributed by atoms with Crippen molar-refractivity contribution < 1.29 is 0 Å². The smallest absolute Gasteiger partial charge is 0.0235 e. The Bertz CT molecular complexity index is 1020. The summed E-state index contributed by atoms with van der Waals surface area (Å²) >= 11 is 1.96. The standard InChI is InChI=1S/C26H26S/c1-17(2)21-15-13-19-9-5-7-11-23(19)25(21)27-26-22(18(3)4)16-14-20-10-6-8-12-24(20)26/h5-18H,1-4H3. The van der Waals surface area contributed by atoms with Crippen LogP contribution in [-0.2, 0) is 0 Å². The van der Waals surface area contributed by atoms with Crippen LogP contribution in [0, 0.1) is 0 Å². The highest BCUT2D eigenvalue weighted by Gasteiger charge is 2.17. The molecule has 4 rings (SSSR count). The van der Waals surface area contributed by atoms with Crippen molar-refractivity contribution in [2.24, 2.45) is 0 Å². The minimum Gasteiger partial charge on any atom is -0.0882 e. The fraction of sp³-hybridized carbons (Fsp3) is 0.231. The van der Waals surface area contributed by atoms with Crippen LogP contribution in [0.1, 0.15) is 50.7 Å². The average molecular weight is 371 g/mol. The Labute approximate surface area is 166 Å². The first-order valence-electron chi connectivity index (χ1n) is 9.77. The van der Waals surface area contributed by atoms with Crippen LogP contribution in [0.15, 0.2) is 82.6 Å². The number of rotatable bonds is 4. The molecule has 0 heterocycles. The second kappa shape index (κ2) is 7.40. The van der Waals surface area contributed by atoms with E-state index in [2.05, 4.69) is 100 Å². The van der Waals surface area contributed by atoms with Crippen LogP contribution in [0.3, 0.4) is 0 Å². The van der Waals surface area contributed by atoms with E-state index < -0.39 is 0 Å². The second-order valence-corrected chi connectivity index (χ2v) is 8.84. The molecule has 0 saturated carbocycles. The molecule has 0 bridgehead atoms. The minimum atomic E-state index is 0.495. The van der Waals surface area contributed by atoms with E-state index in [0.717, 1.165) is 0 Å². The van der Waals surface area contributed by atoms with Gasteiger partial charge in [-0.1, -0.05) is 112 Å². The highest BCUT2D eigenvalue weighted by Crippen LogP contribution is 2.44. The molecule has 1 heteroatoms. The van der Waals surface area contributed by atoms with Gasteiger partial charge in [0, 0.05) is 9.79 Å². The van der Waals surface area contributed by atoms with Gasteiger partial charge in [0.2, 0.25) is 0 Å². The zero-order chi connectivity index (χ0) is 19.0. The number of hydrogen-bond acceptors (Lipinski definition) is 1. The van der Waals surface area contributed by atoms with Crippen LogP contribution in [0.4, 0.5) is 0 Å². The SMILES string of the molecule is CC(C)c1ccc2ccccc2c1Sc1c(C(C)C)ccc2ccccc12. The van der Waals surface area contributed by atoms with Crippen molar-refractivity contribution in [2.75, 3.05) is 0 Å². The Hall–Kier alpha value is -2.25. The van der Waals surface area contributed by atoms with Crippen molar-refractivity contribution in [3.8, 4) is 0 Å². The van der Waals surface area contributed by atoms with Gasteiger partial charge in [-0.3, -0.25) is 0 Å². The van der Waals surface area contributed by atoms with Crippen molar-refractivity contribution in [2.45, 2.75) is 49.3 Å². The normalized spacial score (nSPS) is 11.8. The molecule has 0 saturated heterocycles. The van der Waals surface area contributed by atoms with Gasteiger partial charge in [-0.05, 0) is 44.5 Å². The molecule has 4 aromatic carbocycles. The van der Waals surface area contributed by atoms with Crippen LogP contribution in [0.5, 0.6) is 0 Å². The van der Waals surface area contributed by atoms with Gasteiger partial charge in [0.15, 0.2) is 0 Å². The van der Waals surface area contributed by atoms with Gasteiger partial charge in [0.1, 0.15) is 0 Å². The van der Waals surface area contributed by atoms with E-state index in [9.17, 15) is 0 Å². The molecule has 4 aromatic rings. The summed E-state index contributed by atoms with van der Waals surface area (Å²) in [6.45, 7) is 9.17. The lowest BCUT2D eigenvalue weighted by atomic mass is 9.99. The third-order valence-electron chi connectivity index (χ3n) is 5.27. The molecule has 136 valence electrons. The Kier molecular flexibility index (Phi) is 4.97. The van der Waals surface area contributed by atoms with E-state index in [1.165, 1.54) is 42.5 Å². The molecule has 27 heavy (non-hydrogen) atoms. The lowest BCUT2D eigenvalue weighted by Gasteiger charge is -2.20. The van der Waals surface area contributed by atoms with Gasteiger partial charge in [0.05, 0.1) is 0 Å². The maximum absolute atomic E-state index is 2.31. The number of fused-ring (bicyclic) bond motifs is 2. The van der Waals surface area contributed by atoms with E-state index in [-0.39, 0.29) is 0 Å². The molecule has 0 aliphatic heterocycles. The van der Waals surface area contributed by atoms with Crippen molar-refractivity contribution in [3.63, 3.8) is 0 Å². The predicted octanol–water partition coefficient (Wildman–Crippen LogP) is 8.39. The Morgan fingerprint density at radius 1 is 0.519 bits per heavy atom. The van der Waals surface area contributed by atoms with E-state index in [4.69, 9.17) is 0 Å². The van der Waals surface area contributed by atoms with Crippen molar-refractivity contribution in [1.29, 1.82) is 0 Å². The second-order valence-electron chi connectivity index (χ2n) is 7.82. The number of benzene rings is 4. The van der Waals surface area contributed by atoms with Crippen molar-refractivity contribution >= 4 is 33.3 Å². The summed E-state index contributed by atoms with van der Waals surface area (Å²) in [5.74, 6) is 0.990. The summed E-state index contributed by atoms with van der Waals surface area (Å²) in [5.41, 5.74) is 2.86. The van der Waals surface area contributed by atoms with Crippen LogP contribution in [-0.4, -0.2) is 0 Å². The van der Waals surface area contributed by atoms with Crippen LogP contribution < -0.4 is 0 Å². The maximum atomic E-state index is 2.31. The molecular formula is C26H26S. The quantitative estimate of drug-likeness (QED) is 0.347. The largest absolute Gasteiger partial charge is 0.0882 e. The van der Waals surface area contributed by atoms with E-state index in [1.807, 2.05) is 11.8 Å². The summed E-state index contributed by atoms with van der Waals surface area (Å²) in [5, 5.41) is 5.35. The van der Waals surface area contributed by atoms with Crippen molar-refractivity contribution in [1.82, 2.24) is 0 Å². The van der Waals surface area contributed by atoms with Gasteiger partial charge < -0.3 is 0 Å². The summed E-state index contributed by atoms with van der Waals surface area (Å²) in [6.07, 6.45) is 0. The predicted molar refractivity (Wildman–Crippen MR) is 120 cm³/mol. The summed E-state index contributed by atoms with van der Waals surface area (Å²) < 4.78 is 0. The van der Waals surface area contributed by atoms with Gasteiger partial charge in [-0.25, -0.2) is 0 Å². The Morgan fingerprint density at radius 2 is 0.926 bits per heavy atom. The fourth-order valence-corrected chi connectivity index (χ4v) is 5.40. The monoisotopic (exact) mass is 370 g/mol. The highest BCUT2D eigenvalue weighted by molar-refractivity contribution is 8.00. The number of hydrogen-bond donors (Lipinski definition) is 0. The molecule has 0 spiro atoms. The molecule has 0 fully saturated rings. The topological polar surface area (TPSA) is 0 Å². The first-order chi connectivity index (χ1) is 13.1. The molecule has 0 radical (unpaired) electrons. The van der Waals surface area contributed by atoms with E-state index in [0.29, 0.717) is 11.8 Å². The Balaban J connectivity index is 2.00. The summed E-state index contributed by atoms with van der Waals surface area (Å²) in [7, 11) is 0. The first kappa shape index (κ1) is 18.1. The third kappa shape index (κ3) is 3.37. The average Bonchev–Trinajstić information content (AvgIpc) is 2.68. The third-order valence-corrected chi connectivity index (χ3v) is 6.59. The van der Waals surface area contributed by atoms with Crippen LogP contribution in [0.2, 0.25) is 0 Å². The minimum absolute atomic E-state index is 0.495. The van der Waals surface area contributed by atoms with Crippen LogP contribution in [0.25, 0.3) is 21.5 Å². The fourth-order valence-electron chi connectivity index (χ4n) is 3.76. The molecular weight excluding hydrogens is 344 g/mol. The molecule has 0 aliphatic carbocycles. The van der Waals surface area contributed by atoms with Crippen molar-refractivity contribution in [3.05, 3.63) is 83.9 Å².